The highest BCUT2D eigenvalue weighted by Crippen LogP contribution is 2.24. The van der Waals surface area contributed by atoms with Gasteiger partial charge in [0.1, 0.15) is 0 Å². The average molecular weight is 247 g/mol. The number of aryl methyl sites for hydroxylation is 1. The molecule has 2 aromatic heterocycles. The van der Waals surface area contributed by atoms with Crippen LogP contribution in [0.25, 0.3) is 0 Å². The first-order valence-electron chi connectivity index (χ1n) is 5.03. The van der Waals surface area contributed by atoms with Gasteiger partial charge in [-0.05, 0) is 0 Å². The van der Waals surface area contributed by atoms with Gasteiger partial charge in [-0.15, -0.1) is 11.3 Å². The minimum absolute atomic E-state index is 0.0567. The van der Waals surface area contributed by atoms with Crippen LogP contribution < -0.4 is 5.01 Å². The van der Waals surface area contributed by atoms with Gasteiger partial charge in [-0.25, -0.2) is 4.98 Å². The number of hydrazone groups is 1. The van der Waals surface area contributed by atoms with Gasteiger partial charge < -0.3 is 0 Å². The molecule has 0 aliphatic carbocycles. The Bertz CT molecular complexity index is 586. The van der Waals surface area contributed by atoms with Gasteiger partial charge in [0, 0.05) is 30.4 Å². The van der Waals surface area contributed by atoms with Gasteiger partial charge in [0.05, 0.1) is 18.3 Å². The van der Waals surface area contributed by atoms with E-state index < -0.39 is 0 Å². The first-order valence-corrected chi connectivity index (χ1v) is 5.91. The van der Waals surface area contributed by atoms with E-state index in [-0.39, 0.29) is 5.91 Å². The summed E-state index contributed by atoms with van der Waals surface area (Å²) in [5.74, 6) is -0.0567. The van der Waals surface area contributed by atoms with E-state index in [0.717, 1.165) is 11.3 Å². The van der Waals surface area contributed by atoms with Crippen molar-refractivity contribution in [3.05, 3.63) is 29.5 Å². The molecule has 0 unspecified atom stereocenters. The summed E-state index contributed by atoms with van der Waals surface area (Å²) in [7, 11) is 1.83. The second kappa shape index (κ2) is 3.77. The molecule has 7 heteroatoms. The Kier molecular flexibility index (Phi) is 2.25. The quantitative estimate of drug-likeness (QED) is 0.795. The van der Waals surface area contributed by atoms with Crippen molar-refractivity contribution in [3.63, 3.8) is 0 Å². The number of carbonyl (C=O) groups excluding carboxylic acids is 1. The van der Waals surface area contributed by atoms with Crippen LogP contribution >= 0.6 is 11.3 Å². The lowest BCUT2D eigenvalue weighted by Gasteiger charge is -2.05. The average Bonchev–Trinajstić information content (AvgIpc) is 2.96. The zero-order chi connectivity index (χ0) is 11.8. The van der Waals surface area contributed by atoms with Crippen LogP contribution in [0.5, 0.6) is 0 Å². The fourth-order valence-electron chi connectivity index (χ4n) is 1.63. The van der Waals surface area contributed by atoms with Gasteiger partial charge >= 0.3 is 0 Å². The maximum absolute atomic E-state index is 11.8. The third-order valence-electron chi connectivity index (χ3n) is 2.41. The molecule has 0 spiro atoms. The van der Waals surface area contributed by atoms with Crippen molar-refractivity contribution in [1.82, 2.24) is 14.8 Å². The fraction of sp³-hybridized carbons (Fsp3) is 0.200. The summed E-state index contributed by atoms with van der Waals surface area (Å²) in [6, 6.07) is 0. The van der Waals surface area contributed by atoms with Crippen molar-refractivity contribution >= 4 is 28.1 Å². The molecule has 3 rings (SSSR count). The summed E-state index contributed by atoms with van der Waals surface area (Å²) in [5, 5.41) is 12.1. The monoisotopic (exact) mass is 247 g/mol. The number of amides is 1. The van der Waals surface area contributed by atoms with Crippen molar-refractivity contribution in [1.29, 1.82) is 0 Å². The molecule has 0 fully saturated rings. The number of rotatable bonds is 2. The van der Waals surface area contributed by atoms with Crippen LogP contribution in [-0.2, 0) is 11.8 Å². The molecule has 86 valence electrons. The molecule has 0 saturated carbocycles. The van der Waals surface area contributed by atoms with Gasteiger partial charge in [0.2, 0.25) is 5.13 Å². The lowest BCUT2D eigenvalue weighted by Crippen LogP contribution is -2.19. The van der Waals surface area contributed by atoms with E-state index in [2.05, 4.69) is 15.2 Å². The smallest absolute Gasteiger partial charge is 0.255 e. The van der Waals surface area contributed by atoms with E-state index in [1.807, 2.05) is 18.6 Å². The zero-order valence-electron chi connectivity index (χ0n) is 9.07. The van der Waals surface area contributed by atoms with E-state index in [4.69, 9.17) is 0 Å². The van der Waals surface area contributed by atoms with E-state index in [1.54, 1.807) is 17.1 Å². The number of anilines is 1. The topological polar surface area (TPSA) is 63.4 Å². The molecule has 1 aliphatic heterocycles. The molecule has 0 N–H and O–H groups in total. The fourth-order valence-corrected chi connectivity index (χ4v) is 2.24. The summed E-state index contributed by atoms with van der Waals surface area (Å²) in [4.78, 5) is 15.9. The maximum Gasteiger partial charge on any atom is 0.255 e. The number of carbonyl (C=O) groups is 1. The van der Waals surface area contributed by atoms with Crippen LogP contribution in [0.3, 0.4) is 0 Å². The number of hydrogen-bond acceptors (Lipinski definition) is 5. The summed E-state index contributed by atoms with van der Waals surface area (Å²) in [6.45, 7) is 0. The van der Waals surface area contributed by atoms with Crippen molar-refractivity contribution in [3.8, 4) is 0 Å². The number of hydrogen-bond donors (Lipinski definition) is 0. The lowest BCUT2D eigenvalue weighted by atomic mass is 10.2. The van der Waals surface area contributed by atoms with Crippen LogP contribution in [0, 0.1) is 0 Å². The molecule has 0 bridgehead atoms. The molecular formula is C10H9N5OS. The van der Waals surface area contributed by atoms with Crippen LogP contribution in [0.15, 0.2) is 29.1 Å². The highest BCUT2D eigenvalue weighted by Gasteiger charge is 2.28. The molecule has 17 heavy (non-hydrogen) atoms. The molecule has 3 heterocycles. The van der Waals surface area contributed by atoms with Crippen LogP contribution in [0.2, 0.25) is 0 Å². The number of thiazole rings is 1. The van der Waals surface area contributed by atoms with Crippen molar-refractivity contribution < 1.29 is 4.79 Å². The molecule has 0 radical (unpaired) electrons. The van der Waals surface area contributed by atoms with E-state index in [9.17, 15) is 4.79 Å². The molecular weight excluding hydrogens is 238 g/mol. The maximum atomic E-state index is 11.8. The molecule has 0 aromatic carbocycles. The van der Waals surface area contributed by atoms with Gasteiger partial charge in [-0.2, -0.15) is 15.2 Å². The summed E-state index contributed by atoms with van der Waals surface area (Å²) >= 11 is 1.39. The molecule has 0 atom stereocenters. The summed E-state index contributed by atoms with van der Waals surface area (Å²) in [5.41, 5.74) is 1.61. The Morgan fingerprint density at radius 2 is 2.35 bits per heavy atom. The Morgan fingerprint density at radius 3 is 3.00 bits per heavy atom. The van der Waals surface area contributed by atoms with Crippen molar-refractivity contribution in [2.45, 2.75) is 6.42 Å². The van der Waals surface area contributed by atoms with Crippen molar-refractivity contribution in [2.75, 3.05) is 5.01 Å². The van der Waals surface area contributed by atoms with Gasteiger partial charge in [-0.3, -0.25) is 9.48 Å². The largest absolute Gasteiger partial charge is 0.275 e. The summed E-state index contributed by atoms with van der Waals surface area (Å²) in [6.07, 6.45) is 5.51. The van der Waals surface area contributed by atoms with Gasteiger partial charge in [0.15, 0.2) is 0 Å². The third-order valence-corrected chi connectivity index (χ3v) is 3.16. The second-order valence-electron chi connectivity index (χ2n) is 3.65. The highest BCUT2D eigenvalue weighted by molar-refractivity contribution is 7.13. The standard InChI is InChI=1S/C10H9N5OS/c1-14-6-7(5-12-14)8-4-9(16)15(13-8)10-11-2-3-17-10/h2-3,5-6H,4H2,1H3. The normalized spacial score (nSPS) is 15.5. The second-order valence-corrected chi connectivity index (χ2v) is 4.52. The predicted octanol–water partition coefficient (Wildman–Crippen LogP) is 1.02. The van der Waals surface area contributed by atoms with E-state index in [0.29, 0.717) is 11.6 Å². The number of nitrogens with zero attached hydrogens (tertiary/aromatic N) is 5. The Hall–Kier alpha value is -2.02. The van der Waals surface area contributed by atoms with Gasteiger partial charge in [0.25, 0.3) is 5.91 Å². The number of aromatic nitrogens is 3. The highest BCUT2D eigenvalue weighted by atomic mass is 32.1. The first kappa shape index (κ1) is 10.2. The van der Waals surface area contributed by atoms with E-state index in [1.165, 1.54) is 16.3 Å². The SMILES string of the molecule is Cn1cc(C2=NN(c3nccs3)C(=O)C2)cn1. The first-order chi connectivity index (χ1) is 8.24. The Morgan fingerprint density at radius 1 is 1.47 bits per heavy atom. The molecule has 1 aliphatic rings. The predicted molar refractivity (Wildman–Crippen MR) is 64.0 cm³/mol. The molecule has 1 amide bonds. The third kappa shape index (κ3) is 1.74. The Labute approximate surface area is 101 Å². The van der Waals surface area contributed by atoms with Crippen molar-refractivity contribution in [2.24, 2.45) is 12.1 Å². The molecule has 2 aromatic rings. The zero-order valence-corrected chi connectivity index (χ0v) is 9.89. The molecule has 6 nitrogen and oxygen atoms in total. The summed E-state index contributed by atoms with van der Waals surface area (Å²) < 4.78 is 1.69. The minimum Gasteiger partial charge on any atom is -0.275 e. The molecule has 0 saturated heterocycles. The minimum atomic E-state index is -0.0567. The Balaban J connectivity index is 1.94. The van der Waals surface area contributed by atoms with E-state index >= 15 is 0 Å². The van der Waals surface area contributed by atoms with Crippen LogP contribution in [0.1, 0.15) is 12.0 Å². The van der Waals surface area contributed by atoms with Gasteiger partial charge in [-0.1, -0.05) is 0 Å². The van der Waals surface area contributed by atoms with Crippen LogP contribution in [-0.4, -0.2) is 26.4 Å². The lowest BCUT2D eigenvalue weighted by molar-refractivity contribution is -0.116. The van der Waals surface area contributed by atoms with Crippen LogP contribution in [0.4, 0.5) is 5.13 Å².